The van der Waals surface area contributed by atoms with E-state index in [1.807, 2.05) is 18.3 Å². The van der Waals surface area contributed by atoms with Crippen molar-refractivity contribution in [2.45, 2.75) is 25.2 Å². The molecule has 2 heterocycles. The highest BCUT2D eigenvalue weighted by Gasteiger charge is 2.26. The number of pyridine rings is 1. The van der Waals surface area contributed by atoms with Gasteiger partial charge in [-0.1, -0.05) is 36.4 Å². The van der Waals surface area contributed by atoms with Gasteiger partial charge in [-0.05, 0) is 53.6 Å². The number of hydrogen-bond acceptors (Lipinski definition) is 3. The zero-order chi connectivity index (χ0) is 20.7. The Bertz CT molecular complexity index is 1240. The van der Waals surface area contributed by atoms with Crippen molar-refractivity contribution in [2.24, 2.45) is 7.05 Å². The second-order valence-corrected chi connectivity index (χ2v) is 8.08. The van der Waals surface area contributed by atoms with Gasteiger partial charge in [-0.15, -0.1) is 0 Å². The van der Waals surface area contributed by atoms with Gasteiger partial charge in [0, 0.05) is 42.3 Å². The Morgan fingerprint density at radius 1 is 1.13 bits per heavy atom. The minimum atomic E-state index is -0.314. The van der Waals surface area contributed by atoms with E-state index in [1.165, 1.54) is 42.0 Å². The molecule has 2 aromatic carbocycles. The fourth-order valence-electron chi connectivity index (χ4n) is 4.17. The van der Waals surface area contributed by atoms with Gasteiger partial charge < -0.3 is 9.30 Å². The van der Waals surface area contributed by atoms with E-state index in [9.17, 15) is 4.79 Å². The molecule has 0 radical (unpaired) electrons. The summed E-state index contributed by atoms with van der Waals surface area (Å²) >= 11 is 0. The molecular weight excluding hydrogens is 372 g/mol. The average Bonchev–Trinajstić information content (AvgIpc) is 3.58. The molecule has 0 spiro atoms. The van der Waals surface area contributed by atoms with Gasteiger partial charge in [-0.3, -0.25) is 4.98 Å². The summed E-state index contributed by atoms with van der Waals surface area (Å²) in [5, 5.41) is 1.20. The fourth-order valence-corrected chi connectivity index (χ4v) is 4.17. The molecule has 1 aliphatic carbocycles. The maximum Gasteiger partial charge on any atom is 0.339 e. The number of aromatic nitrogens is 2. The number of methoxy groups -OCH3 is 1. The molecule has 0 atom stereocenters. The molecule has 0 amide bonds. The lowest BCUT2D eigenvalue weighted by atomic mass is 9.99. The molecule has 1 fully saturated rings. The first kappa shape index (κ1) is 18.6. The van der Waals surface area contributed by atoms with Gasteiger partial charge in [0.2, 0.25) is 0 Å². The fraction of sp³-hybridized carbons (Fsp3) is 0.231. The Kier molecular flexibility index (Phi) is 4.62. The van der Waals surface area contributed by atoms with Crippen molar-refractivity contribution >= 4 is 16.9 Å². The molecule has 4 aromatic rings. The highest BCUT2D eigenvalue weighted by Crippen LogP contribution is 2.40. The number of nitrogens with zero attached hydrogens (tertiary/aromatic N) is 2. The summed E-state index contributed by atoms with van der Waals surface area (Å²) in [7, 11) is 3.50. The second kappa shape index (κ2) is 7.45. The van der Waals surface area contributed by atoms with Gasteiger partial charge in [0.15, 0.2) is 0 Å². The average molecular weight is 396 g/mol. The number of hydrogen-bond donors (Lipinski definition) is 0. The molecule has 30 heavy (non-hydrogen) atoms. The van der Waals surface area contributed by atoms with Crippen LogP contribution in [0.1, 0.15) is 45.9 Å². The summed E-state index contributed by atoms with van der Waals surface area (Å²) in [6.45, 7) is 0. The lowest BCUT2D eigenvalue weighted by Gasteiger charge is -2.10. The van der Waals surface area contributed by atoms with E-state index in [-0.39, 0.29) is 5.97 Å². The van der Waals surface area contributed by atoms with Crippen molar-refractivity contribution in [3.8, 4) is 11.1 Å². The third kappa shape index (κ3) is 3.39. The van der Waals surface area contributed by atoms with Crippen LogP contribution in [-0.2, 0) is 18.2 Å². The van der Waals surface area contributed by atoms with Crippen LogP contribution in [0.2, 0.25) is 0 Å². The molecule has 150 valence electrons. The van der Waals surface area contributed by atoms with Crippen LogP contribution >= 0.6 is 0 Å². The predicted octanol–water partition coefficient (Wildman–Crippen LogP) is 5.50. The minimum absolute atomic E-state index is 0.314. The Labute approximate surface area is 176 Å². The highest BCUT2D eigenvalue weighted by atomic mass is 16.5. The number of aryl methyl sites for hydroxylation is 1. The molecule has 0 saturated heterocycles. The summed E-state index contributed by atoms with van der Waals surface area (Å²) in [5.41, 5.74) is 7.21. The van der Waals surface area contributed by atoms with Gasteiger partial charge in [0.1, 0.15) is 0 Å². The molecule has 0 N–H and O–H groups in total. The smallest absolute Gasteiger partial charge is 0.339 e. The van der Waals surface area contributed by atoms with Crippen LogP contribution in [0, 0.1) is 0 Å². The monoisotopic (exact) mass is 396 g/mol. The van der Waals surface area contributed by atoms with Crippen molar-refractivity contribution in [3.63, 3.8) is 0 Å². The van der Waals surface area contributed by atoms with Gasteiger partial charge >= 0.3 is 5.97 Å². The molecule has 0 aliphatic heterocycles. The van der Waals surface area contributed by atoms with Crippen molar-refractivity contribution in [1.82, 2.24) is 9.55 Å². The molecular formula is C26H24N2O2. The van der Waals surface area contributed by atoms with Crippen LogP contribution in [0.4, 0.5) is 0 Å². The number of carbonyl (C=O) groups is 1. The van der Waals surface area contributed by atoms with E-state index < -0.39 is 0 Å². The lowest BCUT2D eigenvalue weighted by Crippen LogP contribution is -2.09. The third-order valence-electron chi connectivity index (χ3n) is 5.96. The Hall–Kier alpha value is -3.40. The van der Waals surface area contributed by atoms with Crippen molar-refractivity contribution in [2.75, 3.05) is 7.11 Å². The quantitative estimate of drug-likeness (QED) is 0.419. The zero-order valence-corrected chi connectivity index (χ0v) is 17.3. The normalized spacial score (nSPS) is 13.5. The van der Waals surface area contributed by atoms with Crippen LogP contribution in [0.5, 0.6) is 0 Å². The number of esters is 1. The predicted molar refractivity (Wildman–Crippen MR) is 119 cm³/mol. The molecule has 2 aromatic heterocycles. The van der Waals surface area contributed by atoms with Gasteiger partial charge in [-0.2, -0.15) is 0 Å². The standard InChI is InChI=1S/C26H24N2O2/c1-28-16-23(19-6-4-3-5-7-19)21-12-17(8-11-25(21)28)13-24-22(26(29)30-2)14-20(15-27-24)18-9-10-18/h3-8,11-12,14-16,18H,9-10,13H2,1-2H3. The van der Waals surface area contributed by atoms with E-state index in [1.54, 1.807) is 0 Å². The molecule has 0 bridgehead atoms. The van der Waals surface area contributed by atoms with Gasteiger partial charge in [-0.25, -0.2) is 4.79 Å². The molecule has 1 saturated carbocycles. The first-order valence-corrected chi connectivity index (χ1v) is 10.3. The van der Waals surface area contributed by atoms with Crippen LogP contribution in [0.15, 0.2) is 67.0 Å². The summed E-state index contributed by atoms with van der Waals surface area (Å²) in [6.07, 6.45) is 7.04. The zero-order valence-electron chi connectivity index (χ0n) is 17.3. The summed E-state index contributed by atoms with van der Waals surface area (Å²) in [6, 6.07) is 18.9. The lowest BCUT2D eigenvalue weighted by molar-refractivity contribution is 0.0599. The maximum absolute atomic E-state index is 12.4. The van der Waals surface area contributed by atoms with Crippen molar-refractivity contribution < 1.29 is 9.53 Å². The topological polar surface area (TPSA) is 44.1 Å². The van der Waals surface area contributed by atoms with E-state index in [4.69, 9.17) is 4.74 Å². The molecule has 1 aliphatic rings. The van der Waals surface area contributed by atoms with Crippen molar-refractivity contribution in [1.29, 1.82) is 0 Å². The van der Waals surface area contributed by atoms with E-state index in [0.29, 0.717) is 17.9 Å². The third-order valence-corrected chi connectivity index (χ3v) is 5.96. The number of benzene rings is 2. The van der Waals surface area contributed by atoms with Gasteiger partial charge in [0.25, 0.3) is 0 Å². The van der Waals surface area contributed by atoms with Crippen LogP contribution < -0.4 is 0 Å². The molecule has 4 heteroatoms. The number of ether oxygens (including phenoxy) is 1. The summed E-state index contributed by atoms with van der Waals surface area (Å²) in [5.74, 6) is 0.231. The second-order valence-electron chi connectivity index (χ2n) is 8.08. The number of rotatable bonds is 5. The molecule has 0 unspecified atom stereocenters. The number of fused-ring (bicyclic) bond motifs is 1. The van der Waals surface area contributed by atoms with Crippen LogP contribution in [0.3, 0.4) is 0 Å². The Morgan fingerprint density at radius 2 is 1.93 bits per heavy atom. The van der Waals surface area contributed by atoms with Gasteiger partial charge in [0.05, 0.1) is 18.4 Å². The molecule has 5 rings (SSSR count). The van der Waals surface area contributed by atoms with E-state index in [0.717, 1.165) is 16.8 Å². The Balaban J connectivity index is 1.55. The first-order valence-electron chi connectivity index (χ1n) is 10.3. The summed E-state index contributed by atoms with van der Waals surface area (Å²) < 4.78 is 7.19. The summed E-state index contributed by atoms with van der Waals surface area (Å²) in [4.78, 5) is 17.1. The van der Waals surface area contributed by atoms with E-state index >= 15 is 0 Å². The van der Waals surface area contributed by atoms with Crippen molar-refractivity contribution in [3.05, 3.63) is 89.4 Å². The van der Waals surface area contributed by atoms with E-state index in [2.05, 4.69) is 65.3 Å². The first-order chi connectivity index (χ1) is 14.6. The van der Waals surface area contributed by atoms with Crippen LogP contribution in [-0.4, -0.2) is 22.6 Å². The maximum atomic E-state index is 12.4. The number of carbonyl (C=O) groups excluding carboxylic acids is 1. The largest absolute Gasteiger partial charge is 0.465 e. The highest BCUT2D eigenvalue weighted by molar-refractivity contribution is 5.96. The molecule has 4 nitrogen and oxygen atoms in total. The van der Waals surface area contributed by atoms with Crippen LogP contribution in [0.25, 0.3) is 22.0 Å². The Morgan fingerprint density at radius 3 is 2.67 bits per heavy atom. The minimum Gasteiger partial charge on any atom is -0.465 e. The SMILES string of the molecule is COC(=O)c1cc(C2CC2)cnc1Cc1ccc2c(c1)c(-c1ccccc1)cn2C.